The molecule has 1 amide bonds. The Morgan fingerprint density at radius 1 is 1.21 bits per heavy atom. The van der Waals surface area contributed by atoms with E-state index in [0.29, 0.717) is 12.1 Å². The molecule has 0 bridgehead atoms. The molecule has 1 fully saturated rings. The lowest BCUT2D eigenvalue weighted by Gasteiger charge is -2.31. The highest BCUT2D eigenvalue weighted by Gasteiger charge is 2.38. The van der Waals surface area contributed by atoms with Crippen LogP contribution in [0.3, 0.4) is 0 Å². The number of methoxy groups -OCH3 is 2. The third-order valence-electron chi connectivity index (χ3n) is 5.23. The highest BCUT2D eigenvalue weighted by Crippen LogP contribution is 2.44. The highest BCUT2D eigenvalue weighted by molar-refractivity contribution is 5.94. The van der Waals surface area contributed by atoms with Gasteiger partial charge in [0.25, 0.3) is 5.91 Å². The number of para-hydroxylation sites is 1. The highest BCUT2D eigenvalue weighted by atomic mass is 16.5. The lowest BCUT2D eigenvalue weighted by molar-refractivity contribution is -0.136. The normalized spacial score (nSPS) is 16.4. The van der Waals surface area contributed by atoms with Crippen LogP contribution in [0.25, 0.3) is 0 Å². The van der Waals surface area contributed by atoms with Crippen LogP contribution in [0.15, 0.2) is 52.7 Å². The number of allylic oxidation sites excluding steroid dienone is 2. The first kappa shape index (κ1) is 21.4. The molecule has 28 heavy (non-hydrogen) atoms. The summed E-state index contributed by atoms with van der Waals surface area (Å²) in [6.07, 6.45) is 7.15. The van der Waals surface area contributed by atoms with Crippen molar-refractivity contribution in [1.82, 2.24) is 5.32 Å². The third-order valence-corrected chi connectivity index (χ3v) is 5.23. The van der Waals surface area contributed by atoms with E-state index >= 15 is 0 Å². The van der Waals surface area contributed by atoms with E-state index in [2.05, 4.69) is 27.8 Å². The van der Waals surface area contributed by atoms with Crippen molar-refractivity contribution in [3.63, 3.8) is 0 Å². The van der Waals surface area contributed by atoms with Crippen LogP contribution in [0.4, 0.5) is 0 Å². The smallest absolute Gasteiger partial charge is 0.333 e. The van der Waals surface area contributed by atoms with Gasteiger partial charge in [0.2, 0.25) is 0 Å². The van der Waals surface area contributed by atoms with Crippen molar-refractivity contribution in [2.45, 2.75) is 38.0 Å². The van der Waals surface area contributed by atoms with Crippen molar-refractivity contribution < 1.29 is 19.1 Å². The second-order valence-electron chi connectivity index (χ2n) is 6.92. The van der Waals surface area contributed by atoms with Gasteiger partial charge in [-0.25, -0.2) is 4.79 Å². The van der Waals surface area contributed by atoms with E-state index in [9.17, 15) is 9.59 Å². The minimum atomic E-state index is -0.457. The molecule has 2 rings (SSSR count). The van der Waals surface area contributed by atoms with E-state index in [0.717, 1.165) is 37.0 Å². The fourth-order valence-electron chi connectivity index (χ4n) is 3.65. The maximum Gasteiger partial charge on any atom is 0.333 e. The lowest BCUT2D eigenvalue weighted by Crippen LogP contribution is -2.39. The maximum atomic E-state index is 12.6. The Bertz CT molecular complexity index is 789. The molecule has 150 valence electrons. The van der Waals surface area contributed by atoms with Gasteiger partial charge in [0.15, 0.2) is 0 Å². The maximum absolute atomic E-state index is 12.6. The fraction of sp³-hybridized carbons (Fsp3) is 0.409. The van der Waals surface area contributed by atoms with E-state index in [1.807, 2.05) is 18.2 Å². The lowest BCUT2D eigenvalue weighted by atomic mass is 9.78. The molecular weight excluding hydrogens is 356 g/mol. The number of ether oxygens (including phenoxy) is 2. The van der Waals surface area contributed by atoms with Gasteiger partial charge in [-0.05, 0) is 44.7 Å². The van der Waals surface area contributed by atoms with Crippen LogP contribution in [-0.4, -0.2) is 39.4 Å². The zero-order valence-corrected chi connectivity index (χ0v) is 16.8. The molecule has 0 unspecified atom stereocenters. The van der Waals surface area contributed by atoms with Crippen LogP contribution >= 0.6 is 0 Å². The quantitative estimate of drug-likeness (QED) is 0.323. The standard InChI is InChI=1S/C22H28N2O4/c1-16(21(26)28-4)11-12-18(23-2)20(25)24-15-22(13-7-8-14-22)17-9-5-6-10-19(17)27-3/h5-6,9-12H,2,7-8,13-15H2,1,3-4H3,(H,24,25)/b16-11+,18-12-. The summed E-state index contributed by atoms with van der Waals surface area (Å²) in [5.74, 6) is 0.0548. The molecule has 0 aromatic heterocycles. The van der Waals surface area contributed by atoms with Gasteiger partial charge in [-0.15, -0.1) is 0 Å². The molecule has 1 aliphatic carbocycles. The first-order chi connectivity index (χ1) is 13.5. The van der Waals surface area contributed by atoms with E-state index in [1.54, 1.807) is 14.0 Å². The molecule has 0 atom stereocenters. The number of benzene rings is 1. The number of esters is 1. The van der Waals surface area contributed by atoms with Gasteiger partial charge in [0.1, 0.15) is 11.4 Å². The second-order valence-corrected chi connectivity index (χ2v) is 6.92. The Hall–Kier alpha value is -2.89. The zero-order chi connectivity index (χ0) is 20.6. The summed E-state index contributed by atoms with van der Waals surface area (Å²) in [5.41, 5.74) is 1.48. The molecule has 6 nitrogen and oxygen atoms in total. The number of nitrogens with zero attached hydrogens (tertiary/aromatic N) is 1. The number of carbonyl (C=O) groups excluding carboxylic acids is 2. The van der Waals surface area contributed by atoms with Crippen LogP contribution in [0, 0.1) is 0 Å². The second kappa shape index (κ2) is 9.88. The molecule has 1 N–H and O–H groups in total. The third kappa shape index (κ3) is 4.88. The molecule has 0 spiro atoms. The molecule has 1 aliphatic rings. The van der Waals surface area contributed by atoms with Gasteiger partial charge in [-0.1, -0.05) is 31.0 Å². The zero-order valence-electron chi connectivity index (χ0n) is 16.8. The average molecular weight is 384 g/mol. The van der Waals surface area contributed by atoms with Gasteiger partial charge in [-0.3, -0.25) is 9.79 Å². The Kier molecular flexibility index (Phi) is 7.55. The van der Waals surface area contributed by atoms with Crippen molar-refractivity contribution in [3.8, 4) is 5.75 Å². The molecule has 0 radical (unpaired) electrons. The molecular formula is C22H28N2O4. The van der Waals surface area contributed by atoms with Gasteiger partial charge in [-0.2, -0.15) is 0 Å². The molecule has 1 aromatic carbocycles. The van der Waals surface area contributed by atoms with Crippen molar-refractivity contribution in [3.05, 3.63) is 53.3 Å². The summed E-state index contributed by atoms with van der Waals surface area (Å²) in [4.78, 5) is 27.9. The number of nitrogens with one attached hydrogen (secondary N) is 1. The summed E-state index contributed by atoms with van der Waals surface area (Å²) in [6, 6.07) is 7.97. The SMILES string of the molecule is C=N/C(=C\C=C(/C)C(=O)OC)C(=O)NCC1(c2ccccc2OC)CCCC1. The van der Waals surface area contributed by atoms with Crippen molar-refractivity contribution in [2.75, 3.05) is 20.8 Å². The fourth-order valence-corrected chi connectivity index (χ4v) is 3.65. The van der Waals surface area contributed by atoms with Crippen molar-refractivity contribution in [2.24, 2.45) is 4.99 Å². The Balaban J connectivity index is 2.18. The summed E-state index contributed by atoms with van der Waals surface area (Å²) >= 11 is 0. The van der Waals surface area contributed by atoms with Gasteiger partial charge in [0, 0.05) is 23.1 Å². The first-order valence-corrected chi connectivity index (χ1v) is 9.33. The Morgan fingerprint density at radius 3 is 2.50 bits per heavy atom. The van der Waals surface area contributed by atoms with Gasteiger partial charge >= 0.3 is 5.97 Å². The number of rotatable bonds is 8. The van der Waals surface area contributed by atoms with Crippen LogP contribution in [0.2, 0.25) is 0 Å². The minimum Gasteiger partial charge on any atom is -0.496 e. The molecule has 0 heterocycles. The van der Waals surface area contributed by atoms with Crippen LogP contribution < -0.4 is 10.1 Å². The van der Waals surface area contributed by atoms with Crippen LogP contribution in [0.1, 0.15) is 38.2 Å². The Morgan fingerprint density at radius 2 is 1.89 bits per heavy atom. The number of hydrogen-bond acceptors (Lipinski definition) is 5. The average Bonchev–Trinajstić information content (AvgIpc) is 3.21. The molecule has 0 aliphatic heterocycles. The molecule has 1 saturated carbocycles. The van der Waals surface area contributed by atoms with Crippen molar-refractivity contribution in [1.29, 1.82) is 0 Å². The topological polar surface area (TPSA) is 77.0 Å². The predicted octanol–water partition coefficient (Wildman–Crippen LogP) is 3.33. The Labute approximate surface area is 166 Å². The largest absolute Gasteiger partial charge is 0.496 e. The minimum absolute atomic E-state index is 0.149. The van der Waals surface area contributed by atoms with E-state index in [-0.39, 0.29) is 17.0 Å². The van der Waals surface area contributed by atoms with E-state index in [4.69, 9.17) is 4.74 Å². The van der Waals surface area contributed by atoms with Gasteiger partial charge < -0.3 is 14.8 Å². The molecule has 0 saturated heterocycles. The summed E-state index contributed by atoms with van der Waals surface area (Å²) in [6.45, 7) is 5.56. The number of aliphatic imine (C=N–C) groups is 1. The van der Waals surface area contributed by atoms with E-state index < -0.39 is 5.97 Å². The van der Waals surface area contributed by atoms with E-state index in [1.165, 1.54) is 19.3 Å². The summed E-state index contributed by atoms with van der Waals surface area (Å²) in [5, 5.41) is 2.99. The van der Waals surface area contributed by atoms with Crippen molar-refractivity contribution >= 4 is 18.6 Å². The number of carbonyl (C=O) groups is 2. The number of amides is 1. The summed E-state index contributed by atoms with van der Waals surface area (Å²) in [7, 11) is 2.97. The van der Waals surface area contributed by atoms with Crippen LogP contribution in [-0.2, 0) is 19.7 Å². The number of hydrogen-bond donors (Lipinski definition) is 1. The van der Waals surface area contributed by atoms with Gasteiger partial charge in [0.05, 0.1) is 14.2 Å². The molecule has 1 aromatic rings. The molecule has 6 heteroatoms. The predicted molar refractivity (Wildman–Crippen MR) is 110 cm³/mol. The summed E-state index contributed by atoms with van der Waals surface area (Å²) < 4.78 is 10.2. The first-order valence-electron chi connectivity index (χ1n) is 9.33. The van der Waals surface area contributed by atoms with Crippen LogP contribution in [0.5, 0.6) is 5.75 Å². The monoisotopic (exact) mass is 384 g/mol.